The van der Waals surface area contributed by atoms with Gasteiger partial charge < -0.3 is 9.15 Å². The minimum Gasteiger partial charge on any atom is -0.461 e. The number of hydrogen-bond acceptors (Lipinski definition) is 8. The lowest BCUT2D eigenvalue weighted by Crippen LogP contribution is -2.06. The molecule has 0 unspecified atom stereocenters. The van der Waals surface area contributed by atoms with Crippen LogP contribution >= 0.6 is 23.1 Å². The van der Waals surface area contributed by atoms with Crippen LogP contribution in [0.1, 0.15) is 17.4 Å². The normalized spacial score (nSPS) is 10.7. The Labute approximate surface area is 140 Å². The molecule has 3 aromatic rings. The van der Waals surface area contributed by atoms with Gasteiger partial charge in [-0.15, -0.1) is 21.5 Å². The van der Waals surface area contributed by atoms with Gasteiger partial charge in [-0.25, -0.2) is 9.78 Å². The lowest BCUT2D eigenvalue weighted by atomic mass is 10.2. The molecule has 0 saturated heterocycles. The van der Waals surface area contributed by atoms with E-state index < -0.39 is 5.97 Å². The fourth-order valence-corrected chi connectivity index (χ4v) is 3.36. The number of aromatic nitrogens is 3. The van der Waals surface area contributed by atoms with Gasteiger partial charge in [0.25, 0.3) is 5.89 Å². The summed E-state index contributed by atoms with van der Waals surface area (Å²) in [6.07, 6.45) is 1.89. The highest BCUT2D eigenvalue weighted by Gasteiger charge is 2.24. The number of thiazole rings is 1. The number of carbonyl (C=O) groups is 1. The average Bonchev–Trinajstić information content (AvgIpc) is 3.22. The van der Waals surface area contributed by atoms with Crippen molar-refractivity contribution in [3.05, 3.63) is 36.0 Å². The zero-order chi connectivity index (χ0) is 16.2. The highest BCUT2D eigenvalue weighted by Crippen LogP contribution is 2.35. The van der Waals surface area contributed by atoms with Crippen LogP contribution in [0.2, 0.25) is 0 Å². The molecule has 0 saturated carbocycles. The molecule has 2 aromatic heterocycles. The molecule has 23 heavy (non-hydrogen) atoms. The van der Waals surface area contributed by atoms with E-state index in [0.29, 0.717) is 10.8 Å². The van der Waals surface area contributed by atoms with E-state index in [4.69, 9.17) is 9.15 Å². The average molecular weight is 347 g/mol. The highest BCUT2D eigenvalue weighted by atomic mass is 32.2. The molecule has 0 fully saturated rings. The van der Waals surface area contributed by atoms with E-state index in [0.717, 1.165) is 9.90 Å². The highest BCUT2D eigenvalue weighted by molar-refractivity contribution is 8.00. The van der Waals surface area contributed by atoms with Crippen molar-refractivity contribution < 1.29 is 13.9 Å². The second-order valence-corrected chi connectivity index (χ2v) is 6.41. The quantitative estimate of drug-likeness (QED) is 0.513. The standard InChI is InChI=1S/C15H13N3O3S2/c1-3-20-14(19)10-11(23-15(16-10)22-2)13-18-17-12(21-13)9-7-5-4-6-8-9/h4-8H,3H2,1-2H3. The third-order valence-corrected chi connectivity index (χ3v) is 4.92. The van der Waals surface area contributed by atoms with E-state index in [1.165, 1.54) is 23.1 Å². The molecule has 0 amide bonds. The second kappa shape index (κ2) is 6.93. The van der Waals surface area contributed by atoms with Crippen LogP contribution in [0.4, 0.5) is 0 Å². The van der Waals surface area contributed by atoms with Gasteiger partial charge >= 0.3 is 5.97 Å². The summed E-state index contributed by atoms with van der Waals surface area (Å²) < 4.78 is 11.5. The molecule has 3 rings (SSSR count). The Morgan fingerprint density at radius 2 is 2.00 bits per heavy atom. The molecule has 0 aliphatic rings. The summed E-state index contributed by atoms with van der Waals surface area (Å²) in [6, 6.07) is 9.45. The van der Waals surface area contributed by atoms with Crippen molar-refractivity contribution in [1.29, 1.82) is 0 Å². The SMILES string of the molecule is CCOC(=O)c1nc(SC)sc1-c1nnc(-c2ccccc2)o1. The Bertz CT molecular complexity index is 814. The van der Waals surface area contributed by atoms with Crippen molar-refractivity contribution >= 4 is 29.1 Å². The lowest BCUT2D eigenvalue weighted by Gasteiger charge is -1.98. The molecule has 0 radical (unpaired) electrons. The first-order valence-electron chi connectivity index (χ1n) is 6.84. The Hall–Kier alpha value is -2.19. The zero-order valence-corrected chi connectivity index (χ0v) is 14.1. The molecule has 118 valence electrons. The van der Waals surface area contributed by atoms with Gasteiger partial charge in [-0.05, 0) is 25.3 Å². The topological polar surface area (TPSA) is 78.1 Å². The summed E-state index contributed by atoms with van der Waals surface area (Å²) >= 11 is 2.78. The number of thioether (sulfide) groups is 1. The van der Waals surface area contributed by atoms with Gasteiger partial charge in [0.1, 0.15) is 4.88 Å². The first kappa shape index (κ1) is 15.7. The summed E-state index contributed by atoms with van der Waals surface area (Å²) in [5.41, 5.74) is 1.03. The largest absolute Gasteiger partial charge is 0.461 e. The van der Waals surface area contributed by atoms with Crippen molar-refractivity contribution in [1.82, 2.24) is 15.2 Å². The molecule has 8 heteroatoms. The van der Waals surface area contributed by atoms with E-state index in [-0.39, 0.29) is 18.2 Å². The predicted octanol–water partition coefficient (Wildman–Crippen LogP) is 3.76. The smallest absolute Gasteiger partial charge is 0.358 e. The van der Waals surface area contributed by atoms with Gasteiger partial charge in [0.15, 0.2) is 10.0 Å². The maximum atomic E-state index is 12.1. The summed E-state index contributed by atoms with van der Waals surface area (Å²) in [4.78, 5) is 16.9. The molecule has 0 N–H and O–H groups in total. The summed E-state index contributed by atoms with van der Waals surface area (Å²) in [7, 11) is 0. The molecule has 0 spiro atoms. The molecular weight excluding hydrogens is 334 g/mol. The van der Waals surface area contributed by atoms with Crippen molar-refractivity contribution in [2.75, 3.05) is 12.9 Å². The van der Waals surface area contributed by atoms with Crippen LogP contribution in [0.3, 0.4) is 0 Å². The predicted molar refractivity (Wildman–Crippen MR) is 88.6 cm³/mol. The van der Waals surface area contributed by atoms with Gasteiger partial charge in [-0.2, -0.15) is 0 Å². The molecule has 0 atom stereocenters. The Balaban J connectivity index is 2.00. The van der Waals surface area contributed by atoms with Gasteiger partial charge in [-0.1, -0.05) is 30.0 Å². The first-order valence-corrected chi connectivity index (χ1v) is 8.88. The fourth-order valence-electron chi connectivity index (χ4n) is 1.88. The van der Waals surface area contributed by atoms with Gasteiger partial charge in [0.2, 0.25) is 5.89 Å². The molecule has 0 aliphatic carbocycles. The zero-order valence-electron chi connectivity index (χ0n) is 12.5. The van der Waals surface area contributed by atoms with Crippen LogP contribution in [-0.4, -0.2) is 34.0 Å². The number of ether oxygens (including phenoxy) is 1. The van der Waals surface area contributed by atoms with E-state index in [9.17, 15) is 4.79 Å². The maximum Gasteiger partial charge on any atom is 0.358 e. The van der Waals surface area contributed by atoms with Crippen molar-refractivity contribution in [2.24, 2.45) is 0 Å². The molecular formula is C15H13N3O3S2. The second-order valence-electron chi connectivity index (χ2n) is 4.36. The minimum atomic E-state index is -0.487. The number of benzene rings is 1. The van der Waals surface area contributed by atoms with Gasteiger partial charge in [-0.3, -0.25) is 0 Å². The van der Waals surface area contributed by atoms with E-state index in [1.54, 1.807) is 6.92 Å². The molecule has 0 aliphatic heterocycles. The minimum absolute atomic E-state index is 0.212. The van der Waals surface area contributed by atoms with Crippen LogP contribution in [0.25, 0.3) is 22.2 Å². The lowest BCUT2D eigenvalue weighted by molar-refractivity contribution is 0.0520. The van der Waals surface area contributed by atoms with Crippen LogP contribution in [0.15, 0.2) is 39.1 Å². The molecule has 1 aromatic carbocycles. The van der Waals surface area contributed by atoms with Crippen molar-refractivity contribution in [2.45, 2.75) is 11.3 Å². The van der Waals surface area contributed by atoms with Crippen molar-refractivity contribution in [3.63, 3.8) is 0 Å². The van der Waals surface area contributed by atoms with Gasteiger partial charge in [0.05, 0.1) is 6.61 Å². The van der Waals surface area contributed by atoms with E-state index in [1.807, 2.05) is 36.6 Å². The first-order chi connectivity index (χ1) is 11.2. The summed E-state index contributed by atoms with van der Waals surface area (Å²) in [5, 5.41) is 8.10. The third-order valence-electron chi connectivity index (χ3n) is 2.89. The molecule has 6 nitrogen and oxygen atoms in total. The van der Waals surface area contributed by atoms with Crippen LogP contribution in [0.5, 0.6) is 0 Å². The Morgan fingerprint density at radius 1 is 1.26 bits per heavy atom. The van der Waals surface area contributed by atoms with Crippen LogP contribution in [-0.2, 0) is 4.74 Å². The molecule has 2 heterocycles. The summed E-state index contributed by atoms with van der Waals surface area (Å²) in [6.45, 7) is 2.03. The summed E-state index contributed by atoms with van der Waals surface area (Å²) in [5.74, 6) is 0.178. The third kappa shape index (κ3) is 3.27. The van der Waals surface area contributed by atoms with Crippen molar-refractivity contribution in [3.8, 4) is 22.2 Å². The van der Waals surface area contributed by atoms with Gasteiger partial charge in [0, 0.05) is 5.56 Å². The molecule has 0 bridgehead atoms. The fraction of sp³-hybridized carbons (Fsp3) is 0.200. The van der Waals surface area contributed by atoms with E-state index >= 15 is 0 Å². The number of esters is 1. The monoisotopic (exact) mass is 347 g/mol. The number of rotatable bonds is 5. The number of nitrogens with zero attached hydrogens (tertiary/aromatic N) is 3. The Morgan fingerprint density at radius 3 is 2.70 bits per heavy atom. The number of hydrogen-bond donors (Lipinski definition) is 0. The Kier molecular flexibility index (Phi) is 4.73. The van der Waals surface area contributed by atoms with E-state index in [2.05, 4.69) is 15.2 Å². The number of carbonyl (C=O) groups excluding carboxylic acids is 1. The van der Waals surface area contributed by atoms with Crippen LogP contribution in [0, 0.1) is 0 Å². The van der Waals surface area contributed by atoms with Crippen LogP contribution < -0.4 is 0 Å². The maximum absolute atomic E-state index is 12.1.